The van der Waals surface area contributed by atoms with Gasteiger partial charge in [-0.1, -0.05) is 24.6 Å². The second kappa shape index (κ2) is 9.51. The number of aliphatic hydroxyl groups is 1. The molecule has 0 aromatic carbocycles. The van der Waals surface area contributed by atoms with Crippen LogP contribution in [0.5, 0.6) is 0 Å². The summed E-state index contributed by atoms with van der Waals surface area (Å²) >= 11 is 0. The fourth-order valence-corrected chi connectivity index (χ4v) is 8.94. The van der Waals surface area contributed by atoms with Gasteiger partial charge in [0.05, 0.1) is 12.8 Å². The van der Waals surface area contributed by atoms with E-state index in [1.54, 1.807) is 6.92 Å². The van der Waals surface area contributed by atoms with Gasteiger partial charge < -0.3 is 19.6 Å². The van der Waals surface area contributed by atoms with Gasteiger partial charge in [-0.3, -0.25) is 9.59 Å². The minimum absolute atomic E-state index is 0.0684. The topological polar surface area (TPSA) is 106 Å². The Balaban J connectivity index is 1.25. The molecule has 7 atom stereocenters. The summed E-state index contributed by atoms with van der Waals surface area (Å²) in [5.74, 6) is 0.789. The zero-order valence-corrected chi connectivity index (χ0v) is 22.8. The number of amides is 1. The molecule has 8 nitrogen and oxygen atoms in total. The molecule has 4 fully saturated rings. The molecule has 37 heavy (non-hydrogen) atoms. The number of hydrogen-bond acceptors (Lipinski definition) is 7. The summed E-state index contributed by atoms with van der Waals surface area (Å²) in [5.41, 5.74) is 0.896. The van der Waals surface area contributed by atoms with Crippen LogP contribution in [0.25, 0.3) is 0 Å². The first-order valence-corrected chi connectivity index (χ1v) is 14.1. The van der Waals surface area contributed by atoms with Crippen LogP contribution in [-0.4, -0.2) is 65.3 Å². The van der Waals surface area contributed by atoms with Crippen molar-refractivity contribution in [3.63, 3.8) is 0 Å². The summed E-state index contributed by atoms with van der Waals surface area (Å²) in [6.45, 7) is 6.47. The molecule has 5 aliphatic rings. The first-order valence-electron chi connectivity index (χ1n) is 14.1. The maximum Gasteiger partial charge on any atom is 0.328 e. The van der Waals surface area contributed by atoms with E-state index in [1.165, 1.54) is 17.6 Å². The van der Waals surface area contributed by atoms with Crippen LogP contribution in [-0.2, 0) is 24.0 Å². The van der Waals surface area contributed by atoms with E-state index < -0.39 is 11.6 Å². The number of methoxy groups -OCH3 is 1. The largest absolute Gasteiger partial charge is 0.467 e. The van der Waals surface area contributed by atoms with Gasteiger partial charge in [-0.15, -0.1) is 0 Å². The van der Waals surface area contributed by atoms with Crippen LogP contribution in [0.15, 0.2) is 16.8 Å². The van der Waals surface area contributed by atoms with Crippen molar-refractivity contribution in [2.24, 2.45) is 33.7 Å². The predicted molar refractivity (Wildman–Crippen MR) is 137 cm³/mol. The number of ether oxygens (including phenoxy) is 1. The maximum absolute atomic E-state index is 12.6. The van der Waals surface area contributed by atoms with Crippen molar-refractivity contribution >= 4 is 23.4 Å². The lowest BCUT2D eigenvalue weighted by atomic mass is 9.46. The monoisotopic (exact) mass is 514 g/mol. The molecular formula is C29H42N2O6. The smallest absolute Gasteiger partial charge is 0.328 e. The molecule has 0 bridgehead atoms. The molecule has 1 aliphatic heterocycles. The van der Waals surface area contributed by atoms with Crippen molar-refractivity contribution < 1.29 is 29.1 Å². The minimum Gasteiger partial charge on any atom is -0.467 e. The van der Waals surface area contributed by atoms with E-state index in [4.69, 9.17) is 9.57 Å². The summed E-state index contributed by atoms with van der Waals surface area (Å²) in [6.07, 6.45) is 10.9. The van der Waals surface area contributed by atoms with Gasteiger partial charge in [0.2, 0.25) is 0 Å². The lowest BCUT2D eigenvalue weighted by Gasteiger charge is -2.59. The predicted octanol–water partition coefficient (Wildman–Crippen LogP) is 3.81. The molecule has 4 unspecified atom stereocenters. The van der Waals surface area contributed by atoms with E-state index in [1.807, 2.05) is 0 Å². The number of carbonyl (C=O) groups excluding carboxylic acids is 3. The number of carbonyl (C=O) groups is 3. The summed E-state index contributed by atoms with van der Waals surface area (Å²) in [7, 11) is 1.34. The van der Waals surface area contributed by atoms with Crippen molar-refractivity contribution in [2.75, 3.05) is 20.3 Å². The van der Waals surface area contributed by atoms with Crippen molar-refractivity contribution in [3.8, 4) is 0 Å². The number of Topliss-reactive ketones (excluding diaryl/α,β-unsaturated/α-hetero) is 1. The Morgan fingerprint density at radius 2 is 1.84 bits per heavy atom. The molecular weight excluding hydrogens is 472 g/mol. The van der Waals surface area contributed by atoms with Gasteiger partial charge in [0.1, 0.15) is 11.6 Å². The van der Waals surface area contributed by atoms with Gasteiger partial charge >= 0.3 is 5.97 Å². The number of nitrogens with zero attached hydrogens (tertiary/aromatic N) is 2. The van der Waals surface area contributed by atoms with Crippen LogP contribution in [0.1, 0.15) is 85.0 Å². The summed E-state index contributed by atoms with van der Waals surface area (Å²) in [6, 6.07) is -0.523. The number of likely N-dealkylation sites (tertiary alicyclic amines) is 1. The van der Waals surface area contributed by atoms with E-state index in [9.17, 15) is 19.5 Å². The highest BCUT2D eigenvalue weighted by atomic mass is 16.6. The second-order valence-electron chi connectivity index (χ2n) is 12.5. The summed E-state index contributed by atoms with van der Waals surface area (Å²) < 4.78 is 4.82. The zero-order chi connectivity index (χ0) is 26.6. The third-order valence-corrected chi connectivity index (χ3v) is 11.1. The van der Waals surface area contributed by atoms with Crippen molar-refractivity contribution in [1.82, 2.24) is 4.90 Å². The molecule has 4 aliphatic carbocycles. The third-order valence-electron chi connectivity index (χ3n) is 11.1. The Kier molecular flexibility index (Phi) is 6.78. The number of allylic oxidation sites excluding steroid dienone is 2. The standard InChI is InChI=1S/C29H42N2O6/c1-18(32)29(35)14-11-23-21-8-7-19-16-20(9-12-27(19,2)22(21)10-13-28(23,29)3)30-37-17-25(33)31-15-5-6-24(31)26(34)36-4/h16,21-24,35H,5-15,17H2,1-4H3/b30-20-/t21?,22?,23?,24?,27-,28-,29-/m0/s1. The minimum atomic E-state index is -1.17. The molecule has 1 saturated heterocycles. The third kappa shape index (κ3) is 4.05. The van der Waals surface area contributed by atoms with E-state index in [-0.39, 0.29) is 35.1 Å². The van der Waals surface area contributed by atoms with Crippen LogP contribution in [0.4, 0.5) is 0 Å². The van der Waals surface area contributed by atoms with Crippen molar-refractivity contribution in [1.29, 1.82) is 0 Å². The number of esters is 1. The Hall–Kier alpha value is -2.22. The van der Waals surface area contributed by atoms with Crippen LogP contribution in [0.3, 0.4) is 0 Å². The van der Waals surface area contributed by atoms with Crippen molar-refractivity contribution in [2.45, 2.75) is 96.6 Å². The maximum atomic E-state index is 12.6. The first-order chi connectivity index (χ1) is 17.5. The Morgan fingerprint density at radius 3 is 2.57 bits per heavy atom. The fraction of sp³-hybridized carbons (Fsp3) is 0.793. The van der Waals surface area contributed by atoms with Gasteiger partial charge in [0.25, 0.3) is 5.91 Å². The van der Waals surface area contributed by atoms with Crippen LogP contribution in [0.2, 0.25) is 0 Å². The fourth-order valence-electron chi connectivity index (χ4n) is 8.94. The van der Waals surface area contributed by atoms with Crippen LogP contribution < -0.4 is 0 Å². The number of oxime groups is 1. The zero-order valence-electron chi connectivity index (χ0n) is 22.8. The average Bonchev–Trinajstić information content (AvgIpc) is 3.47. The van der Waals surface area contributed by atoms with E-state index in [0.717, 1.165) is 57.1 Å². The van der Waals surface area contributed by atoms with Gasteiger partial charge in [-0.2, -0.15) is 0 Å². The number of rotatable bonds is 5. The Bertz CT molecular complexity index is 1040. The summed E-state index contributed by atoms with van der Waals surface area (Å²) in [4.78, 5) is 44.0. The summed E-state index contributed by atoms with van der Waals surface area (Å²) in [5, 5.41) is 15.7. The van der Waals surface area contributed by atoms with Gasteiger partial charge in [0, 0.05) is 12.0 Å². The highest BCUT2D eigenvalue weighted by Crippen LogP contribution is 2.67. The lowest BCUT2D eigenvalue weighted by molar-refractivity contribution is -0.159. The molecule has 0 radical (unpaired) electrons. The second-order valence-corrected chi connectivity index (χ2v) is 12.5. The van der Waals surface area contributed by atoms with E-state index in [2.05, 4.69) is 25.1 Å². The van der Waals surface area contributed by atoms with E-state index >= 15 is 0 Å². The van der Waals surface area contributed by atoms with Crippen LogP contribution in [0, 0.1) is 28.6 Å². The molecule has 5 rings (SSSR count). The van der Waals surface area contributed by atoms with Gasteiger partial charge in [-0.25, -0.2) is 4.79 Å². The number of fused-ring (bicyclic) bond motifs is 5. The average molecular weight is 515 g/mol. The molecule has 3 saturated carbocycles. The Labute approximate surface area is 219 Å². The first kappa shape index (κ1) is 26.4. The van der Waals surface area contributed by atoms with Crippen molar-refractivity contribution in [3.05, 3.63) is 11.6 Å². The molecule has 0 aromatic heterocycles. The number of hydrogen-bond donors (Lipinski definition) is 1. The number of ketones is 1. The molecule has 0 aromatic rings. The lowest BCUT2D eigenvalue weighted by Crippen LogP contribution is -2.57. The Morgan fingerprint density at radius 1 is 1.08 bits per heavy atom. The SMILES string of the molecule is COC(=O)C1CCCN1C(=O)CO/N=C1\C=C2CCC3C(CC[C@@]4(C)C3CC[C@]4(O)C(C)=O)[C@@]2(C)CC1. The molecule has 1 N–H and O–H groups in total. The highest BCUT2D eigenvalue weighted by molar-refractivity contribution is 5.96. The quantitative estimate of drug-likeness (QED) is 0.442. The highest BCUT2D eigenvalue weighted by Gasteiger charge is 2.65. The molecule has 204 valence electrons. The molecule has 1 heterocycles. The normalized spacial score (nSPS) is 41.9. The van der Waals surface area contributed by atoms with Crippen LogP contribution >= 0.6 is 0 Å². The van der Waals surface area contributed by atoms with Gasteiger partial charge in [-0.05, 0) is 100 Å². The molecule has 8 heteroatoms. The van der Waals surface area contributed by atoms with E-state index in [0.29, 0.717) is 37.1 Å². The molecule has 1 amide bonds. The molecule has 0 spiro atoms. The van der Waals surface area contributed by atoms with Gasteiger partial charge in [0.15, 0.2) is 12.4 Å².